The maximum Gasteiger partial charge on any atom is 0.255 e. The smallest absolute Gasteiger partial charge is 0.255 e. The van der Waals surface area contributed by atoms with E-state index in [1.807, 2.05) is 30.3 Å². The first-order chi connectivity index (χ1) is 14.6. The summed E-state index contributed by atoms with van der Waals surface area (Å²) in [6.45, 7) is 0.758. The molecule has 0 aliphatic carbocycles. The number of hydrogen-bond donors (Lipinski definition) is 3. The summed E-state index contributed by atoms with van der Waals surface area (Å²) >= 11 is 7.11. The maximum atomic E-state index is 12.4. The van der Waals surface area contributed by atoms with Gasteiger partial charge in [0.15, 0.2) is 5.11 Å². The number of carbonyl (C=O) groups is 1. The number of methoxy groups -OCH3 is 1. The van der Waals surface area contributed by atoms with Crippen LogP contribution in [0.15, 0.2) is 83.8 Å². The van der Waals surface area contributed by atoms with E-state index >= 15 is 0 Å². The quantitative estimate of drug-likeness (QED) is 0.261. The minimum Gasteiger partial charge on any atom is -0.497 e. The van der Waals surface area contributed by atoms with Gasteiger partial charge in [0.05, 0.1) is 7.11 Å². The first-order valence-electron chi connectivity index (χ1n) is 9.42. The molecular formula is C23H23N3O2S2. The number of carbonyl (C=O) groups excluding carboxylic acids is 1. The van der Waals surface area contributed by atoms with E-state index in [0.29, 0.717) is 16.4 Å². The molecule has 7 heteroatoms. The predicted molar refractivity (Wildman–Crippen MR) is 129 cm³/mol. The van der Waals surface area contributed by atoms with Crippen molar-refractivity contribution in [2.45, 2.75) is 4.90 Å². The fraction of sp³-hybridized carbons (Fsp3) is 0.130. The number of benzene rings is 3. The van der Waals surface area contributed by atoms with E-state index in [9.17, 15) is 4.79 Å². The van der Waals surface area contributed by atoms with E-state index in [0.717, 1.165) is 23.7 Å². The molecule has 0 saturated heterocycles. The van der Waals surface area contributed by atoms with Crippen molar-refractivity contribution >= 4 is 46.4 Å². The third-order valence-corrected chi connectivity index (χ3v) is 5.41. The predicted octanol–water partition coefficient (Wildman–Crippen LogP) is 5.03. The molecule has 5 nitrogen and oxygen atoms in total. The number of rotatable bonds is 8. The Morgan fingerprint density at radius 2 is 1.53 bits per heavy atom. The molecule has 0 unspecified atom stereocenters. The van der Waals surface area contributed by atoms with E-state index in [-0.39, 0.29) is 5.91 Å². The van der Waals surface area contributed by atoms with Gasteiger partial charge in [-0.05, 0) is 72.9 Å². The zero-order valence-electron chi connectivity index (χ0n) is 16.6. The highest BCUT2D eigenvalue weighted by atomic mass is 32.2. The SMILES string of the molecule is COc1ccc(NC(=O)c2ccc(NC(=S)NCCSc3ccccc3)cc2)cc1. The van der Waals surface area contributed by atoms with Crippen molar-refractivity contribution in [1.82, 2.24) is 5.32 Å². The van der Waals surface area contributed by atoms with E-state index < -0.39 is 0 Å². The second-order valence-electron chi connectivity index (χ2n) is 6.30. The van der Waals surface area contributed by atoms with Gasteiger partial charge in [-0.1, -0.05) is 18.2 Å². The lowest BCUT2D eigenvalue weighted by atomic mass is 10.2. The van der Waals surface area contributed by atoms with Gasteiger partial charge < -0.3 is 20.7 Å². The first kappa shape index (κ1) is 21.7. The van der Waals surface area contributed by atoms with Crippen molar-refractivity contribution in [3.8, 4) is 5.75 Å². The summed E-state index contributed by atoms with van der Waals surface area (Å²) in [6, 6.07) is 24.6. The molecule has 154 valence electrons. The molecule has 0 saturated carbocycles. The molecule has 0 aliphatic heterocycles. The van der Waals surface area contributed by atoms with Gasteiger partial charge in [0, 0.05) is 34.1 Å². The van der Waals surface area contributed by atoms with Gasteiger partial charge in [0.2, 0.25) is 0 Å². The van der Waals surface area contributed by atoms with Gasteiger partial charge >= 0.3 is 0 Å². The van der Waals surface area contributed by atoms with E-state index in [2.05, 4.69) is 28.1 Å². The molecule has 0 radical (unpaired) electrons. The van der Waals surface area contributed by atoms with Crippen LogP contribution in [0.2, 0.25) is 0 Å². The lowest BCUT2D eigenvalue weighted by Gasteiger charge is -2.11. The highest BCUT2D eigenvalue weighted by Crippen LogP contribution is 2.17. The molecule has 3 N–H and O–H groups in total. The van der Waals surface area contributed by atoms with E-state index in [4.69, 9.17) is 17.0 Å². The van der Waals surface area contributed by atoms with Crippen LogP contribution in [-0.4, -0.2) is 30.4 Å². The van der Waals surface area contributed by atoms with Gasteiger partial charge in [-0.3, -0.25) is 4.79 Å². The fourth-order valence-corrected chi connectivity index (χ4v) is 3.62. The summed E-state index contributed by atoms with van der Waals surface area (Å²) in [4.78, 5) is 13.6. The zero-order valence-corrected chi connectivity index (χ0v) is 18.2. The number of nitrogens with one attached hydrogen (secondary N) is 3. The second-order valence-corrected chi connectivity index (χ2v) is 7.88. The largest absolute Gasteiger partial charge is 0.497 e. The van der Waals surface area contributed by atoms with Crippen LogP contribution in [0.1, 0.15) is 10.4 Å². The molecule has 0 fully saturated rings. The second kappa shape index (κ2) is 11.2. The average Bonchev–Trinajstić information content (AvgIpc) is 2.78. The number of hydrogen-bond acceptors (Lipinski definition) is 4. The Morgan fingerprint density at radius 1 is 0.900 bits per heavy atom. The van der Waals surface area contributed by atoms with E-state index in [1.54, 1.807) is 55.3 Å². The summed E-state index contributed by atoms with van der Waals surface area (Å²) in [6.07, 6.45) is 0. The van der Waals surface area contributed by atoms with Crippen LogP contribution in [0.25, 0.3) is 0 Å². The van der Waals surface area contributed by atoms with Crippen molar-refractivity contribution in [3.05, 3.63) is 84.4 Å². The molecule has 30 heavy (non-hydrogen) atoms. The topological polar surface area (TPSA) is 62.4 Å². The first-order valence-corrected chi connectivity index (χ1v) is 10.8. The van der Waals surface area contributed by atoms with Crippen LogP contribution in [-0.2, 0) is 0 Å². The van der Waals surface area contributed by atoms with Gasteiger partial charge in [0.25, 0.3) is 5.91 Å². The van der Waals surface area contributed by atoms with Crippen molar-refractivity contribution in [1.29, 1.82) is 0 Å². The lowest BCUT2D eigenvalue weighted by molar-refractivity contribution is 0.102. The molecule has 3 aromatic rings. The Kier molecular flexibility index (Phi) is 8.11. The summed E-state index contributed by atoms with van der Waals surface area (Å²) in [5.41, 5.74) is 2.10. The van der Waals surface area contributed by atoms with Gasteiger partial charge in [-0.2, -0.15) is 0 Å². The van der Waals surface area contributed by atoms with Crippen molar-refractivity contribution in [3.63, 3.8) is 0 Å². The van der Waals surface area contributed by atoms with Gasteiger partial charge in [-0.15, -0.1) is 11.8 Å². The Bertz CT molecular complexity index is 962. The van der Waals surface area contributed by atoms with Crippen LogP contribution in [0.4, 0.5) is 11.4 Å². The fourth-order valence-electron chi connectivity index (χ4n) is 2.61. The normalized spacial score (nSPS) is 10.2. The summed E-state index contributed by atoms with van der Waals surface area (Å²) in [5.74, 6) is 1.48. The monoisotopic (exact) mass is 437 g/mol. The average molecular weight is 438 g/mol. The molecule has 0 aliphatic rings. The Morgan fingerprint density at radius 3 is 2.20 bits per heavy atom. The molecule has 3 rings (SSSR count). The summed E-state index contributed by atoms with van der Waals surface area (Å²) < 4.78 is 5.12. The summed E-state index contributed by atoms with van der Waals surface area (Å²) in [7, 11) is 1.61. The maximum absolute atomic E-state index is 12.4. The molecular weight excluding hydrogens is 414 g/mol. The number of amides is 1. The molecule has 0 bridgehead atoms. The van der Waals surface area contributed by atoms with E-state index in [1.165, 1.54) is 4.90 Å². The Labute approximate surface area is 186 Å². The Hall–Kier alpha value is -3.03. The minimum absolute atomic E-state index is 0.176. The van der Waals surface area contributed by atoms with Crippen molar-refractivity contribution in [2.24, 2.45) is 0 Å². The molecule has 3 aromatic carbocycles. The molecule has 0 aromatic heterocycles. The van der Waals surface area contributed by atoms with Crippen LogP contribution in [0, 0.1) is 0 Å². The lowest BCUT2D eigenvalue weighted by Crippen LogP contribution is -2.30. The summed E-state index contributed by atoms with van der Waals surface area (Å²) in [5, 5.41) is 9.74. The van der Waals surface area contributed by atoms with Gasteiger partial charge in [-0.25, -0.2) is 0 Å². The highest BCUT2D eigenvalue weighted by Gasteiger charge is 2.07. The zero-order chi connectivity index (χ0) is 21.2. The minimum atomic E-state index is -0.176. The molecule has 0 atom stereocenters. The third-order valence-electron chi connectivity index (χ3n) is 4.15. The Balaban J connectivity index is 1.42. The number of ether oxygens (including phenoxy) is 1. The standard InChI is InChI=1S/C23H23N3O2S2/c1-28-20-13-11-18(12-14-20)25-22(27)17-7-9-19(10-8-17)26-23(29)24-15-16-30-21-5-3-2-4-6-21/h2-14H,15-16H2,1H3,(H,25,27)(H2,24,26,29). The van der Waals surface area contributed by atoms with Crippen LogP contribution >= 0.6 is 24.0 Å². The highest BCUT2D eigenvalue weighted by molar-refractivity contribution is 7.99. The molecule has 0 spiro atoms. The van der Waals surface area contributed by atoms with Crippen LogP contribution in [0.5, 0.6) is 5.75 Å². The van der Waals surface area contributed by atoms with Crippen LogP contribution < -0.4 is 20.7 Å². The molecule has 1 amide bonds. The van der Waals surface area contributed by atoms with Crippen LogP contribution in [0.3, 0.4) is 0 Å². The number of thiocarbonyl (C=S) groups is 1. The van der Waals surface area contributed by atoms with Crippen molar-refractivity contribution in [2.75, 3.05) is 30.0 Å². The molecule has 0 heterocycles. The number of anilines is 2. The third kappa shape index (κ3) is 6.79. The van der Waals surface area contributed by atoms with Gasteiger partial charge in [0.1, 0.15) is 5.75 Å². The number of thioether (sulfide) groups is 1. The van der Waals surface area contributed by atoms with Crippen molar-refractivity contribution < 1.29 is 9.53 Å².